The number of hydrogen-bond acceptors (Lipinski definition) is 3. The van der Waals surface area contributed by atoms with E-state index in [0.29, 0.717) is 19.7 Å². The average molecular weight is 319 g/mol. The molecule has 2 rings (SSSR count). The largest absolute Gasteiger partial charge is 0.466 e. The Bertz CT molecular complexity index is 518. The topological polar surface area (TPSA) is 59.8 Å². The molecular weight excluding hydrogens is 292 g/mol. The average Bonchev–Trinajstić information content (AvgIpc) is 2.56. The lowest BCUT2D eigenvalue weighted by Gasteiger charge is -2.28. The normalized spacial score (nSPS) is 22.2. The summed E-state index contributed by atoms with van der Waals surface area (Å²) < 4.78 is 5.10. The van der Waals surface area contributed by atoms with Crippen LogP contribution in [0.15, 0.2) is 30.3 Å². The van der Waals surface area contributed by atoms with Crippen molar-refractivity contribution >= 4 is 11.9 Å². The Morgan fingerprint density at radius 2 is 2.09 bits per heavy atom. The molecule has 0 saturated carbocycles. The zero-order valence-electron chi connectivity index (χ0n) is 14.0. The maximum Gasteiger partial charge on any atom is 0.314 e. The van der Waals surface area contributed by atoms with Gasteiger partial charge in [-0.2, -0.15) is 0 Å². The van der Waals surface area contributed by atoms with Gasteiger partial charge in [0.2, 0.25) is 0 Å². The lowest BCUT2D eigenvalue weighted by atomic mass is 9.98. The van der Waals surface area contributed by atoms with Gasteiger partial charge < -0.3 is 15.0 Å². The van der Waals surface area contributed by atoms with Crippen molar-refractivity contribution in [1.82, 2.24) is 5.32 Å². The zero-order chi connectivity index (χ0) is 16.7. The van der Waals surface area contributed by atoms with Crippen LogP contribution in [0.1, 0.15) is 38.3 Å². The molecule has 1 aliphatic heterocycles. The van der Waals surface area contributed by atoms with E-state index in [4.69, 9.17) is 4.74 Å². The van der Waals surface area contributed by atoms with Crippen LogP contribution in [0.3, 0.4) is 0 Å². The Balaban J connectivity index is 1.81. The number of esters is 1. The predicted octanol–water partition coefficient (Wildman–Crippen LogP) is 0.722. The molecule has 1 fully saturated rings. The first kappa shape index (κ1) is 17.5. The number of carbonyl (C=O) groups excluding carboxylic acids is 2. The van der Waals surface area contributed by atoms with Crippen molar-refractivity contribution in [2.45, 2.75) is 32.7 Å². The minimum Gasteiger partial charge on any atom is -0.466 e. The molecule has 1 amide bonds. The molecular formula is C18H27N2O3+. The van der Waals surface area contributed by atoms with Crippen molar-refractivity contribution in [3.8, 4) is 0 Å². The smallest absolute Gasteiger partial charge is 0.314 e. The Kier molecular flexibility index (Phi) is 6.59. The zero-order valence-corrected chi connectivity index (χ0v) is 14.0. The van der Waals surface area contributed by atoms with Crippen molar-refractivity contribution in [3.63, 3.8) is 0 Å². The summed E-state index contributed by atoms with van der Waals surface area (Å²) in [5.74, 6) is -0.165. The number of rotatable bonds is 6. The van der Waals surface area contributed by atoms with E-state index in [1.54, 1.807) is 0 Å². The lowest BCUT2D eigenvalue weighted by molar-refractivity contribution is -0.899. The van der Waals surface area contributed by atoms with Gasteiger partial charge in [0.05, 0.1) is 25.7 Å². The van der Waals surface area contributed by atoms with Crippen LogP contribution in [0, 0.1) is 5.92 Å². The van der Waals surface area contributed by atoms with Crippen LogP contribution in [0.25, 0.3) is 0 Å². The van der Waals surface area contributed by atoms with E-state index in [1.807, 2.05) is 44.2 Å². The summed E-state index contributed by atoms with van der Waals surface area (Å²) in [7, 11) is 0. The molecule has 2 N–H and O–H groups in total. The molecule has 0 radical (unpaired) electrons. The minimum atomic E-state index is -0.122. The molecule has 1 aromatic rings. The summed E-state index contributed by atoms with van der Waals surface area (Å²) in [6, 6.07) is 9.92. The SMILES string of the molecule is CCOC(=O)[C@H]1CCC[NH+](CC(=O)N[C@@H](C)c2ccccc2)C1. The number of hydrogen-bond donors (Lipinski definition) is 2. The van der Waals surface area contributed by atoms with Gasteiger partial charge in [0.1, 0.15) is 5.92 Å². The number of likely N-dealkylation sites (tertiary alicyclic amines) is 1. The second-order valence-corrected chi connectivity index (χ2v) is 6.17. The van der Waals surface area contributed by atoms with Crippen molar-refractivity contribution in [2.24, 2.45) is 5.92 Å². The van der Waals surface area contributed by atoms with Crippen molar-refractivity contribution in [2.75, 3.05) is 26.2 Å². The minimum absolute atomic E-state index is 0.00579. The van der Waals surface area contributed by atoms with Crippen LogP contribution in [-0.4, -0.2) is 38.1 Å². The molecule has 1 unspecified atom stereocenters. The van der Waals surface area contributed by atoms with Gasteiger partial charge in [-0.1, -0.05) is 30.3 Å². The molecule has 1 aliphatic rings. The molecule has 0 aliphatic carbocycles. The second kappa shape index (κ2) is 8.67. The summed E-state index contributed by atoms with van der Waals surface area (Å²) in [5.41, 5.74) is 1.10. The number of piperidine rings is 1. The van der Waals surface area contributed by atoms with Gasteiger partial charge in [0.15, 0.2) is 6.54 Å². The molecule has 0 spiro atoms. The van der Waals surface area contributed by atoms with E-state index in [9.17, 15) is 9.59 Å². The third-order valence-corrected chi connectivity index (χ3v) is 4.33. The van der Waals surface area contributed by atoms with Crippen molar-refractivity contribution in [1.29, 1.82) is 0 Å². The fraction of sp³-hybridized carbons (Fsp3) is 0.556. The summed E-state index contributed by atoms with van der Waals surface area (Å²) in [6.45, 7) is 6.26. The highest BCUT2D eigenvalue weighted by molar-refractivity contribution is 5.77. The van der Waals surface area contributed by atoms with Gasteiger partial charge >= 0.3 is 5.97 Å². The molecule has 5 nitrogen and oxygen atoms in total. The van der Waals surface area contributed by atoms with Gasteiger partial charge in [0.25, 0.3) is 5.91 Å². The van der Waals surface area contributed by atoms with Crippen LogP contribution in [0.5, 0.6) is 0 Å². The Hall–Kier alpha value is -1.88. The molecule has 1 saturated heterocycles. The lowest BCUT2D eigenvalue weighted by Crippen LogP contribution is -3.14. The standard InChI is InChI=1S/C18H26N2O3/c1-3-23-18(22)16-10-7-11-20(12-16)13-17(21)19-14(2)15-8-5-4-6-9-15/h4-6,8-9,14,16H,3,7,10-13H2,1-2H3,(H,19,21)/p+1/t14-,16-/m0/s1. The van der Waals surface area contributed by atoms with Crippen LogP contribution >= 0.6 is 0 Å². The van der Waals surface area contributed by atoms with E-state index in [0.717, 1.165) is 29.8 Å². The van der Waals surface area contributed by atoms with E-state index in [-0.39, 0.29) is 23.8 Å². The van der Waals surface area contributed by atoms with Gasteiger partial charge in [-0.05, 0) is 32.3 Å². The molecule has 23 heavy (non-hydrogen) atoms. The molecule has 1 heterocycles. The quantitative estimate of drug-likeness (QED) is 0.760. The Labute approximate surface area is 138 Å². The fourth-order valence-electron chi connectivity index (χ4n) is 3.12. The number of amides is 1. The Morgan fingerprint density at radius 1 is 1.35 bits per heavy atom. The van der Waals surface area contributed by atoms with E-state index >= 15 is 0 Å². The molecule has 5 heteroatoms. The third-order valence-electron chi connectivity index (χ3n) is 4.33. The number of benzene rings is 1. The highest BCUT2D eigenvalue weighted by atomic mass is 16.5. The highest BCUT2D eigenvalue weighted by Crippen LogP contribution is 2.11. The summed E-state index contributed by atoms with van der Waals surface area (Å²) in [4.78, 5) is 25.3. The van der Waals surface area contributed by atoms with Crippen LogP contribution < -0.4 is 10.2 Å². The molecule has 1 aromatic carbocycles. The molecule has 3 atom stereocenters. The summed E-state index contributed by atoms with van der Waals surface area (Å²) >= 11 is 0. The van der Waals surface area contributed by atoms with Crippen molar-refractivity contribution < 1.29 is 19.2 Å². The van der Waals surface area contributed by atoms with Gasteiger partial charge in [-0.15, -0.1) is 0 Å². The van der Waals surface area contributed by atoms with Crippen molar-refractivity contribution in [3.05, 3.63) is 35.9 Å². The second-order valence-electron chi connectivity index (χ2n) is 6.17. The maximum absolute atomic E-state index is 12.2. The maximum atomic E-state index is 12.2. The number of quaternary nitrogens is 1. The van der Waals surface area contributed by atoms with Crippen LogP contribution in [0.2, 0.25) is 0 Å². The first-order chi connectivity index (χ1) is 11.1. The molecule has 0 aromatic heterocycles. The number of nitrogens with one attached hydrogen (secondary N) is 2. The first-order valence-electron chi connectivity index (χ1n) is 8.44. The summed E-state index contributed by atoms with van der Waals surface area (Å²) in [6.07, 6.45) is 1.82. The van der Waals surface area contributed by atoms with E-state index < -0.39 is 0 Å². The van der Waals surface area contributed by atoms with E-state index in [2.05, 4.69) is 5.32 Å². The fourth-order valence-corrected chi connectivity index (χ4v) is 3.12. The summed E-state index contributed by atoms with van der Waals surface area (Å²) in [5, 5.41) is 3.04. The highest BCUT2D eigenvalue weighted by Gasteiger charge is 2.30. The Morgan fingerprint density at radius 3 is 2.78 bits per heavy atom. The molecule has 126 valence electrons. The third kappa shape index (κ3) is 5.36. The van der Waals surface area contributed by atoms with E-state index in [1.165, 1.54) is 0 Å². The van der Waals surface area contributed by atoms with Crippen LogP contribution in [-0.2, 0) is 14.3 Å². The molecule has 0 bridgehead atoms. The van der Waals surface area contributed by atoms with Gasteiger partial charge in [0, 0.05) is 0 Å². The van der Waals surface area contributed by atoms with Gasteiger partial charge in [-0.3, -0.25) is 9.59 Å². The van der Waals surface area contributed by atoms with Crippen LogP contribution in [0.4, 0.5) is 0 Å². The predicted molar refractivity (Wildman–Crippen MR) is 87.9 cm³/mol. The van der Waals surface area contributed by atoms with Gasteiger partial charge in [-0.25, -0.2) is 0 Å². The number of ether oxygens (including phenoxy) is 1. The number of carbonyl (C=O) groups is 2. The monoisotopic (exact) mass is 319 g/mol. The first-order valence-corrected chi connectivity index (χ1v) is 8.44.